The Balaban J connectivity index is 0.000000171. The van der Waals surface area contributed by atoms with Crippen LogP contribution in [-0.4, -0.2) is 20.1 Å². The van der Waals surface area contributed by atoms with Crippen LogP contribution in [0.3, 0.4) is 0 Å². The third-order valence-corrected chi connectivity index (χ3v) is 1.72. The number of rotatable bonds is 0. The lowest BCUT2D eigenvalue weighted by molar-refractivity contribution is 0.475. The molecule has 1 aromatic carbocycles. The number of aryl methyl sites for hydroxylation is 1. The second-order valence-corrected chi connectivity index (χ2v) is 3.20. The van der Waals surface area contributed by atoms with Gasteiger partial charge in [-0.2, -0.15) is 0 Å². The average Bonchev–Trinajstić information content (AvgIpc) is 2.21. The van der Waals surface area contributed by atoms with Gasteiger partial charge in [0.2, 0.25) is 0 Å². The van der Waals surface area contributed by atoms with Crippen molar-refractivity contribution in [2.75, 3.05) is 0 Å². The summed E-state index contributed by atoms with van der Waals surface area (Å²) in [6.07, 6.45) is 0. The number of hydrogen-bond acceptors (Lipinski definition) is 4. The molecule has 0 saturated carbocycles. The molecule has 0 amide bonds. The Labute approximate surface area is 94.8 Å². The van der Waals surface area contributed by atoms with Gasteiger partial charge in [-0.1, -0.05) is 17.7 Å². The first-order valence-electron chi connectivity index (χ1n) is 4.66. The van der Waals surface area contributed by atoms with E-state index in [9.17, 15) is 14.4 Å². The van der Waals surface area contributed by atoms with Crippen molar-refractivity contribution in [2.24, 2.45) is 0 Å². The number of phenols is 1. The van der Waals surface area contributed by atoms with Gasteiger partial charge in [0.1, 0.15) is 5.75 Å². The molecule has 0 unspecified atom stereocenters. The fraction of sp³-hybridized carbons (Fsp3) is 0.100. The van der Waals surface area contributed by atoms with Crippen LogP contribution in [0.2, 0.25) is 0 Å². The van der Waals surface area contributed by atoms with E-state index in [2.05, 4.69) is 0 Å². The van der Waals surface area contributed by atoms with Gasteiger partial charge in [0.15, 0.2) is 0 Å². The van der Waals surface area contributed by atoms with E-state index in [1.54, 1.807) is 27.1 Å². The Morgan fingerprint density at radius 3 is 1.47 bits per heavy atom. The highest BCUT2D eigenvalue weighted by Gasteiger charge is 1.85. The molecule has 0 atom stereocenters. The van der Waals surface area contributed by atoms with Crippen molar-refractivity contribution in [3.05, 3.63) is 61.3 Å². The summed E-state index contributed by atoms with van der Waals surface area (Å²) in [6, 6.07) is 7.09. The van der Waals surface area contributed by atoms with Gasteiger partial charge in [0, 0.05) is 0 Å². The van der Waals surface area contributed by atoms with Gasteiger partial charge >= 0.3 is 17.1 Å². The van der Waals surface area contributed by atoms with Gasteiger partial charge in [-0.15, -0.1) is 0 Å². The smallest absolute Gasteiger partial charge is 0.330 e. The molecule has 0 saturated heterocycles. The van der Waals surface area contributed by atoms with Crippen molar-refractivity contribution >= 4 is 0 Å². The first kappa shape index (κ1) is 12.5. The molecule has 2 aromatic rings. The molecule has 1 aromatic heterocycles. The minimum absolute atomic E-state index is 0.329. The van der Waals surface area contributed by atoms with E-state index >= 15 is 0 Å². The molecule has 90 valence electrons. The van der Waals surface area contributed by atoms with Crippen molar-refractivity contribution in [3.63, 3.8) is 0 Å². The average molecular weight is 237 g/mol. The van der Waals surface area contributed by atoms with Crippen molar-refractivity contribution < 1.29 is 5.11 Å². The fourth-order valence-corrected chi connectivity index (χ4v) is 0.948. The number of aromatic nitrogens is 3. The third-order valence-electron chi connectivity index (χ3n) is 1.72. The predicted molar refractivity (Wildman–Crippen MR) is 61.1 cm³/mol. The Bertz CT molecular complexity index is 536. The summed E-state index contributed by atoms with van der Waals surface area (Å²) in [6.45, 7) is 1.99. The van der Waals surface area contributed by atoms with E-state index in [1.807, 2.05) is 19.1 Å². The van der Waals surface area contributed by atoms with Crippen LogP contribution >= 0.6 is 0 Å². The summed E-state index contributed by atoms with van der Waals surface area (Å²) in [5.74, 6) is 0.329. The number of hydrogen-bond donors (Lipinski definition) is 4. The van der Waals surface area contributed by atoms with Crippen LogP contribution in [0.5, 0.6) is 5.75 Å². The lowest BCUT2D eigenvalue weighted by Gasteiger charge is -1.89. The van der Waals surface area contributed by atoms with Crippen LogP contribution < -0.4 is 17.1 Å². The van der Waals surface area contributed by atoms with Crippen LogP contribution in [0.4, 0.5) is 0 Å². The number of nitrogens with one attached hydrogen (secondary N) is 3. The van der Waals surface area contributed by atoms with Crippen LogP contribution in [0.15, 0.2) is 38.6 Å². The standard InChI is InChI=1S/C7H8O.C3H3N3O3/c1-6-2-4-7(8)5-3-6;7-1-4-2(8)6-3(9)5-1/h2-5,8H,1H3;(H3,4,5,6,7,8,9). The van der Waals surface area contributed by atoms with Gasteiger partial charge in [-0.05, 0) is 19.1 Å². The van der Waals surface area contributed by atoms with E-state index in [4.69, 9.17) is 5.11 Å². The largest absolute Gasteiger partial charge is 0.508 e. The van der Waals surface area contributed by atoms with E-state index in [-0.39, 0.29) is 0 Å². The van der Waals surface area contributed by atoms with Gasteiger partial charge in [0.25, 0.3) is 0 Å². The van der Waals surface area contributed by atoms with Crippen LogP contribution in [0.25, 0.3) is 0 Å². The zero-order valence-electron chi connectivity index (χ0n) is 8.98. The Kier molecular flexibility index (Phi) is 4.04. The summed E-state index contributed by atoms with van der Waals surface area (Å²) in [7, 11) is 0. The summed E-state index contributed by atoms with van der Waals surface area (Å²) in [4.78, 5) is 35.9. The van der Waals surface area contributed by atoms with Crippen LogP contribution in [-0.2, 0) is 0 Å². The van der Waals surface area contributed by atoms with Crippen LogP contribution in [0.1, 0.15) is 5.56 Å². The number of benzene rings is 1. The molecule has 4 N–H and O–H groups in total. The third kappa shape index (κ3) is 4.65. The zero-order chi connectivity index (χ0) is 12.8. The lowest BCUT2D eigenvalue weighted by atomic mass is 10.2. The minimum Gasteiger partial charge on any atom is -0.508 e. The highest BCUT2D eigenvalue weighted by Crippen LogP contribution is 2.07. The highest BCUT2D eigenvalue weighted by atomic mass is 16.3. The molecule has 17 heavy (non-hydrogen) atoms. The molecule has 0 aliphatic rings. The molecule has 7 heteroatoms. The lowest BCUT2D eigenvalue weighted by Crippen LogP contribution is -2.34. The fourth-order valence-electron chi connectivity index (χ4n) is 0.948. The molecule has 0 radical (unpaired) electrons. The molecule has 0 fully saturated rings. The first-order chi connectivity index (χ1) is 7.97. The topological polar surface area (TPSA) is 119 Å². The molecule has 0 bridgehead atoms. The highest BCUT2D eigenvalue weighted by molar-refractivity contribution is 5.24. The Morgan fingerprint density at radius 2 is 1.18 bits per heavy atom. The number of phenolic OH excluding ortho intramolecular Hbond substituents is 1. The summed E-state index contributed by atoms with van der Waals surface area (Å²) >= 11 is 0. The normalized spacial score (nSPS) is 9.24. The quantitative estimate of drug-likeness (QED) is 0.491. The predicted octanol–water partition coefficient (Wildman–Crippen LogP) is -0.548. The molecular formula is C10H11N3O4. The van der Waals surface area contributed by atoms with Gasteiger partial charge in [0.05, 0.1) is 0 Å². The molecule has 0 aliphatic carbocycles. The molecule has 0 aliphatic heterocycles. The van der Waals surface area contributed by atoms with Gasteiger partial charge < -0.3 is 5.11 Å². The second kappa shape index (κ2) is 5.50. The SMILES string of the molecule is Cc1ccc(O)cc1.O=c1[nH]c(=O)[nH]c(=O)[nH]1. The van der Waals surface area contributed by atoms with Crippen molar-refractivity contribution in [1.82, 2.24) is 15.0 Å². The molecular weight excluding hydrogens is 226 g/mol. The molecule has 7 nitrogen and oxygen atoms in total. The summed E-state index contributed by atoms with van der Waals surface area (Å²) in [5, 5.41) is 8.76. The number of H-pyrrole nitrogens is 3. The summed E-state index contributed by atoms with van der Waals surface area (Å²) in [5.41, 5.74) is -1.24. The maximum absolute atomic E-state index is 10.2. The minimum atomic E-state index is -0.802. The first-order valence-corrected chi connectivity index (χ1v) is 4.66. The monoisotopic (exact) mass is 237 g/mol. The van der Waals surface area contributed by atoms with Crippen molar-refractivity contribution in [3.8, 4) is 5.75 Å². The maximum Gasteiger partial charge on any atom is 0.330 e. The van der Waals surface area contributed by atoms with E-state index in [0.29, 0.717) is 5.75 Å². The van der Waals surface area contributed by atoms with Crippen LogP contribution in [0, 0.1) is 6.92 Å². The van der Waals surface area contributed by atoms with E-state index in [0.717, 1.165) is 0 Å². The summed E-state index contributed by atoms with van der Waals surface area (Å²) < 4.78 is 0. The van der Waals surface area contributed by atoms with Gasteiger partial charge in [-0.25, -0.2) is 14.4 Å². The van der Waals surface area contributed by atoms with Crippen molar-refractivity contribution in [2.45, 2.75) is 6.92 Å². The Morgan fingerprint density at radius 1 is 0.824 bits per heavy atom. The number of aromatic amines is 3. The molecule has 0 spiro atoms. The maximum atomic E-state index is 10.2. The molecule has 1 heterocycles. The van der Waals surface area contributed by atoms with E-state index in [1.165, 1.54) is 5.56 Å². The zero-order valence-corrected chi connectivity index (χ0v) is 8.98. The van der Waals surface area contributed by atoms with Gasteiger partial charge in [-0.3, -0.25) is 15.0 Å². The molecule has 2 rings (SSSR count). The second-order valence-electron chi connectivity index (χ2n) is 3.20. The van der Waals surface area contributed by atoms with E-state index < -0.39 is 17.1 Å². The Hall–Kier alpha value is -2.57. The van der Waals surface area contributed by atoms with Crippen molar-refractivity contribution in [1.29, 1.82) is 0 Å². The number of aromatic hydroxyl groups is 1.